The van der Waals surface area contributed by atoms with E-state index >= 15 is 0 Å². The number of unbranched alkanes of at least 4 members (excludes halogenated alkanes) is 1. The Balaban J connectivity index is 1.52. The van der Waals surface area contributed by atoms with E-state index in [0.29, 0.717) is 16.5 Å². The van der Waals surface area contributed by atoms with Gasteiger partial charge in [-0.3, -0.25) is 14.1 Å². The predicted molar refractivity (Wildman–Crippen MR) is 140 cm³/mol. The molecule has 2 aromatic carbocycles. The Morgan fingerprint density at radius 1 is 1.03 bits per heavy atom. The zero-order valence-electron chi connectivity index (χ0n) is 20.1. The highest BCUT2D eigenvalue weighted by molar-refractivity contribution is 6.32. The molecule has 1 unspecified atom stereocenters. The molecule has 182 valence electrons. The maximum Gasteiger partial charge on any atom is 0.333 e. The number of nitrogens with one attached hydrogen (secondary N) is 1. The van der Waals surface area contributed by atoms with Crippen molar-refractivity contribution in [3.63, 3.8) is 0 Å². The van der Waals surface area contributed by atoms with Crippen molar-refractivity contribution in [2.24, 2.45) is 0 Å². The van der Waals surface area contributed by atoms with Crippen molar-refractivity contribution in [2.45, 2.75) is 39.2 Å². The molecule has 0 saturated carbocycles. The van der Waals surface area contributed by atoms with Crippen molar-refractivity contribution in [2.75, 3.05) is 0 Å². The topological polar surface area (TPSA) is 94.3 Å². The van der Waals surface area contributed by atoms with Crippen LogP contribution in [0.1, 0.15) is 44.0 Å². The normalized spacial score (nSPS) is 12.1. The lowest BCUT2D eigenvalue weighted by Gasteiger charge is -2.16. The Hall–Kier alpha value is -4.04. The number of pyridine rings is 1. The van der Waals surface area contributed by atoms with Crippen molar-refractivity contribution >= 4 is 11.6 Å². The predicted octanol–water partition coefficient (Wildman–Crippen LogP) is 5.49. The van der Waals surface area contributed by atoms with Gasteiger partial charge in [-0.15, -0.1) is 10.2 Å². The first-order valence-electron chi connectivity index (χ1n) is 11.9. The van der Waals surface area contributed by atoms with Crippen LogP contribution in [0.4, 0.5) is 0 Å². The lowest BCUT2D eigenvalue weighted by Crippen LogP contribution is -2.27. The molecular formula is C27H26ClN7O. The van der Waals surface area contributed by atoms with E-state index in [-0.39, 0.29) is 11.7 Å². The first-order chi connectivity index (χ1) is 17.6. The van der Waals surface area contributed by atoms with Crippen LogP contribution in [0.5, 0.6) is 0 Å². The van der Waals surface area contributed by atoms with Crippen molar-refractivity contribution in [3.8, 4) is 28.3 Å². The number of hydrogen-bond acceptors (Lipinski definition) is 5. The van der Waals surface area contributed by atoms with Crippen LogP contribution in [0.15, 0.2) is 77.9 Å². The first kappa shape index (κ1) is 23.7. The number of aromatic nitrogens is 7. The molecule has 8 nitrogen and oxygen atoms in total. The zero-order valence-corrected chi connectivity index (χ0v) is 20.9. The minimum atomic E-state index is -0.206. The summed E-state index contributed by atoms with van der Waals surface area (Å²) >= 11 is 6.42. The second-order valence-electron chi connectivity index (χ2n) is 8.63. The zero-order chi connectivity index (χ0) is 25.1. The van der Waals surface area contributed by atoms with Crippen LogP contribution in [0.25, 0.3) is 28.3 Å². The quantitative estimate of drug-likeness (QED) is 0.305. The Morgan fingerprint density at radius 2 is 1.81 bits per heavy atom. The van der Waals surface area contributed by atoms with Crippen molar-refractivity contribution < 1.29 is 0 Å². The molecule has 9 heteroatoms. The number of nitrogens with zero attached hydrogens (tertiary/aromatic N) is 6. The minimum Gasteiger partial charge on any atom is -0.289 e. The molecule has 3 aromatic heterocycles. The summed E-state index contributed by atoms with van der Waals surface area (Å²) in [5.74, 6) is 0.512. The SMILES string of the molecule is CCCCc1cn(-c2ccccc2Cl)c(=O)n1C(C)c1ccc(-c2ccccc2-c2nn[nH]n2)nc1. The third kappa shape index (κ3) is 4.47. The van der Waals surface area contributed by atoms with E-state index in [1.807, 2.05) is 78.5 Å². The van der Waals surface area contributed by atoms with E-state index in [1.54, 1.807) is 10.6 Å². The molecule has 0 amide bonds. The van der Waals surface area contributed by atoms with Gasteiger partial charge in [-0.2, -0.15) is 5.21 Å². The highest BCUT2D eigenvalue weighted by Gasteiger charge is 2.20. The number of hydrogen-bond donors (Lipinski definition) is 1. The van der Waals surface area contributed by atoms with Crippen molar-refractivity contribution in [3.05, 3.63) is 99.8 Å². The molecule has 0 aliphatic rings. The fourth-order valence-electron chi connectivity index (χ4n) is 4.42. The lowest BCUT2D eigenvalue weighted by atomic mass is 10.0. The number of H-pyrrole nitrogens is 1. The van der Waals surface area contributed by atoms with Gasteiger partial charge in [0.25, 0.3) is 0 Å². The van der Waals surface area contributed by atoms with Gasteiger partial charge in [0.1, 0.15) is 0 Å². The van der Waals surface area contributed by atoms with E-state index in [0.717, 1.165) is 47.3 Å². The van der Waals surface area contributed by atoms with Crippen molar-refractivity contribution in [1.29, 1.82) is 0 Å². The largest absolute Gasteiger partial charge is 0.333 e. The van der Waals surface area contributed by atoms with Gasteiger partial charge in [-0.1, -0.05) is 67.4 Å². The number of imidazole rings is 1. The van der Waals surface area contributed by atoms with Crippen molar-refractivity contribution in [1.82, 2.24) is 34.7 Å². The van der Waals surface area contributed by atoms with Crippen LogP contribution in [0, 0.1) is 0 Å². The Bertz CT molecular complexity index is 1520. The third-order valence-electron chi connectivity index (χ3n) is 6.34. The van der Waals surface area contributed by atoms with Crippen LogP contribution in [0.3, 0.4) is 0 Å². The standard InChI is InChI=1S/C27H26ClN7O/c1-3-4-9-20-17-34(25-13-8-7-12-23(25)28)27(36)35(20)18(2)19-14-15-24(29-16-19)21-10-5-6-11-22(21)26-30-32-33-31-26/h5-8,10-18H,3-4,9H2,1-2H3,(H,30,31,32,33). The molecular weight excluding hydrogens is 474 g/mol. The fourth-order valence-corrected chi connectivity index (χ4v) is 4.65. The summed E-state index contributed by atoms with van der Waals surface area (Å²) in [6.07, 6.45) is 6.57. The number of aromatic amines is 1. The average molecular weight is 500 g/mol. The second kappa shape index (κ2) is 10.3. The van der Waals surface area contributed by atoms with Gasteiger partial charge in [0, 0.05) is 29.2 Å². The highest BCUT2D eigenvalue weighted by atomic mass is 35.5. The van der Waals surface area contributed by atoms with Gasteiger partial charge in [0.15, 0.2) is 0 Å². The summed E-state index contributed by atoms with van der Waals surface area (Å²) < 4.78 is 3.50. The molecule has 0 spiro atoms. The molecule has 0 radical (unpaired) electrons. The van der Waals surface area contributed by atoms with Crippen LogP contribution in [0.2, 0.25) is 5.02 Å². The molecule has 5 rings (SSSR count). The summed E-state index contributed by atoms with van der Waals surface area (Å²) in [5, 5.41) is 14.9. The molecule has 36 heavy (non-hydrogen) atoms. The van der Waals surface area contributed by atoms with E-state index in [2.05, 4.69) is 27.5 Å². The number of rotatable bonds is 8. The summed E-state index contributed by atoms with van der Waals surface area (Å²) in [6.45, 7) is 4.17. The molecule has 3 heterocycles. The number of aryl methyl sites for hydroxylation is 1. The molecule has 0 aliphatic heterocycles. The van der Waals surface area contributed by atoms with Crippen LogP contribution >= 0.6 is 11.6 Å². The molecule has 1 atom stereocenters. The summed E-state index contributed by atoms with van der Waals surface area (Å²) in [5.41, 5.74) is 5.01. The fraction of sp³-hybridized carbons (Fsp3) is 0.222. The molecule has 1 N–H and O–H groups in total. The number of benzene rings is 2. The molecule has 0 aliphatic carbocycles. The van der Waals surface area contributed by atoms with Gasteiger partial charge >= 0.3 is 5.69 Å². The Kier molecular flexibility index (Phi) is 6.77. The van der Waals surface area contributed by atoms with E-state index in [1.165, 1.54) is 0 Å². The van der Waals surface area contributed by atoms with Gasteiger partial charge in [0.05, 0.1) is 22.4 Å². The lowest BCUT2D eigenvalue weighted by molar-refractivity contribution is 0.573. The summed E-state index contributed by atoms with van der Waals surface area (Å²) in [6, 6.07) is 19.0. The van der Waals surface area contributed by atoms with E-state index in [4.69, 9.17) is 16.6 Å². The van der Waals surface area contributed by atoms with E-state index in [9.17, 15) is 4.79 Å². The van der Waals surface area contributed by atoms with Gasteiger partial charge in [0.2, 0.25) is 5.82 Å². The molecule has 0 saturated heterocycles. The average Bonchev–Trinajstić information content (AvgIpc) is 3.56. The number of para-hydroxylation sites is 1. The third-order valence-corrected chi connectivity index (χ3v) is 6.66. The minimum absolute atomic E-state index is 0.117. The highest BCUT2D eigenvalue weighted by Crippen LogP contribution is 2.29. The van der Waals surface area contributed by atoms with E-state index < -0.39 is 0 Å². The smallest absolute Gasteiger partial charge is 0.289 e. The molecule has 0 bridgehead atoms. The van der Waals surface area contributed by atoms with Gasteiger partial charge in [-0.05, 0) is 48.7 Å². The van der Waals surface area contributed by atoms with Crippen LogP contribution < -0.4 is 5.69 Å². The number of halogens is 1. The maximum absolute atomic E-state index is 13.6. The number of tetrazole rings is 1. The Labute approximate surface area is 213 Å². The maximum atomic E-state index is 13.6. The molecule has 0 fully saturated rings. The van der Waals surface area contributed by atoms with Gasteiger partial charge in [-0.25, -0.2) is 4.79 Å². The van der Waals surface area contributed by atoms with Crippen LogP contribution in [-0.4, -0.2) is 34.7 Å². The Morgan fingerprint density at radius 3 is 2.50 bits per heavy atom. The van der Waals surface area contributed by atoms with Crippen LogP contribution in [-0.2, 0) is 6.42 Å². The second-order valence-corrected chi connectivity index (χ2v) is 9.04. The molecule has 5 aromatic rings. The summed E-state index contributed by atoms with van der Waals surface area (Å²) in [7, 11) is 0. The van der Waals surface area contributed by atoms with Gasteiger partial charge < -0.3 is 0 Å². The monoisotopic (exact) mass is 499 g/mol. The first-order valence-corrected chi connectivity index (χ1v) is 12.3. The summed E-state index contributed by atoms with van der Waals surface area (Å²) in [4.78, 5) is 18.3.